The van der Waals surface area contributed by atoms with Crippen LogP contribution in [0.3, 0.4) is 0 Å². The number of esters is 1. The fourth-order valence-electron chi connectivity index (χ4n) is 5.65. The van der Waals surface area contributed by atoms with Crippen molar-refractivity contribution in [3.05, 3.63) is 130 Å². The zero-order valence-electron chi connectivity index (χ0n) is 23.6. The molecule has 6 heteroatoms. The lowest BCUT2D eigenvalue weighted by Gasteiger charge is -2.23. The number of carboxylic acids is 1. The van der Waals surface area contributed by atoms with Crippen LogP contribution in [0.1, 0.15) is 56.8 Å². The van der Waals surface area contributed by atoms with Gasteiger partial charge in [0.2, 0.25) is 0 Å². The van der Waals surface area contributed by atoms with E-state index in [1.807, 2.05) is 48.5 Å². The van der Waals surface area contributed by atoms with E-state index in [2.05, 4.69) is 38.1 Å². The first-order valence-corrected chi connectivity index (χ1v) is 13.6. The highest BCUT2D eigenvalue weighted by atomic mass is 16.5. The second-order valence-electron chi connectivity index (χ2n) is 11.2. The van der Waals surface area contributed by atoms with Crippen molar-refractivity contribution < 1.29 is 28.9 Å². The summed E-state index contributed by atoms with van der Waals surface area (Å²) in [7, 11) is 1.40. The predicted molar refractivity (Wildman–Crippen MR) is 157 cm³/mol. The smallest absolute Gasteiger partial charge is 0.337 e. The maximum atomic E-state index is 11.7. The second-order valence-corrected chi connectivity index (χ2v) is 11.2. The summed E-state index contributed by atoms with van der Waals surface area (Å²) in [5.41, 5.74) is 5.14. The molecule has 2 aliphatic heterocycles. The van der Waals surface area contributed by atoms with Gasteiger partial charge >= 0.3 is 11.9 Å². The van der Waals surface area contributed by atoms with Crippen LogP contribution >= 0.6 is 0 Å². The molecule has 41 heavy (non-hydrogen) atoms. The Morgan fingerprint density at radius 1 is 0.707 bits per heavy atom. The molecule has 210 valence electrons. The van der Waals surface area contributed by atoms with Crippen LogP contribution in [0.4, 0.5) is 0 Å². The van der Waals surface area contributed by atoms with E-state index < -0.39 is 5.97 Å². The maximum Gasteiger partial charge on any atom is 0.337 e. The molecule has 0 saturated carbocycles. The Kier molecular flexibility index (Phi) is 7.84. The number of fused-ring (bicyclic) bond motifs is 2. The van der Waals surface area contributed by atoms with Gasteiger partial charge in [-0.1, -0.05) is 74.5 Å². The Morgan fingerprint density at radius 3 is 1.59 bits per heavy atom. The van der Waals surface area contributed by atoms with E-state index in [1.54, 1.807) is 24.3 Å². The van der Waals surface area contributed by atoms with Crippen LogP contribution in [0.25, 0.3) is 0 Å². The number of hydrogen-bond donors (Lipinski definition) is 1. The summed E-state index contributed by atoms with van der Waals surface area (Å²) in [4.78, 5) is 22.8. The number of benzene rings is 4. The number of ether oxygens (including phenoxy) is 3. The van der Waals surface area contributed by atoms with Crippen LogP contribution < -0.4 is 9.47 Å². The van der Waals surface area contributed by atoms with Gasteiger partial charge in [-0.05, 0) is 60.4 Å². The zero-order valence-corrected chi connectivity index (χ0v) is 23.6. The molecule has 0 spiro atoms. The quantitative estimate of drug-likeness (QED) is 0.271. The van der Waals surface area contributed by atoms with Gasteiger partial charge in [0.15, 0.2) is 0 Å². The molecular formula is C35H34O6. The lowest BCUT2D eigenvalue weighted by atomic mass is 9.78. The lowest BCUT2D eigenvalue weighted by Crippen LogP contribution is -2.27. The summed E-state index contributed by atoms with van der Waals surface area (Å²) in [6.07, 6.45) is 1.72. The molecule has 2 atom stereocenters. The van der Waals surface area contributed by atoms with Crippen molar-refractivity contribution in [2.24, 2.45) is 0 Å². The number of carbonyl (C=O) groups excluding carboxylic acids is 1. The van der Waals surface area contributed by atoms with Crippen molar-refractivity contribution in [1.29, 1.82) is 0 Å². The highest BCUT2D eigenvalue weighted by molar-refractivity contribution is 5.90. The number of carbonyl (C=O) groups is 2. The summed E-state index contributed by atoms with van der Waals surface area (Å²) >= 11 is 0. The second kappa shape index (κ2) is 11.5. The minimum Gasteiger partial charge on any atom is -0.492 e. The van der Waals surface area contributed by atoms with E-state index in [-0.39, 0.29) is 16.8 Å². The molecule has 0 amide bonds. The number of hydrogen-bond acceptors (Lipinski definition) is 5. The molecule has 4 aromatic rings. The molecule has 2 heterocycles. The average Bonchev–Trinajstić information content (AvgIpc) is 3.49. The fourth-order valence-corrected chi connectivity index (χ4v) is 5.65. The van der Waals surface area contributed by atoms with E-state index in [4.69, 9.17) is 19.3 Å². The summed E-state index contributed by atoms with van der Waals surface area (Å²) in [6.45, 7) is 5.51. The standard InChI is InChI=1S/C18H18O3.C17H16O3/c1-18(11-13-6-4-3-5-7-13)12-21-16-9-8-14(10-15(16)18)17(19)20-2;1-17(10-12-5-3-2-4-6-12)11-20-15-8-7-13(16(18)19)9-14(15)17/h3-10H,11-12H2,1-2H3;2-9H,10-11H2,1H3,(H,18,19). The first-order chi connectivity index (χ1) is 19.7. The minimum atomic E-state index is -0.901. The van der Waals surface area contributed by atoms with Crippen molar-refractivity contribution in [3.63, 3.8) is 0 Å². The Balaban J connectivity index is 0.000000165. The first-order valence-electron chi connectivity index (χ1n) is 13.6. The van der Waals surface area contributed by atoms with Crippen molar-refractivity contribution in [3.8, 4) is 11.5 Å². The van der Waals surface area contributed by atoms with E-state index in [0.29, 0.717) is 24.3 Å². The largest absolute Gasteiger partial charge is 0.492 e. The van der Waals surface area contributed by atoms with Crippen LogP contribution in [0.15, 0.2) is 97.1 Å². The van der Waals surface area contributed by atoms with Crippen molar-refractivity contribution >= 4 is 11.9 Å². The van der Waals surface area contributed by atoms with Gasteiger partial charge in [-0.2, -0.15) is 0 Å². The third kappa shape index (κ3) is 5.97. The normalized spacial score (nSPS) is 20.0. The molecule has 4 aromatic carbocycles. The van der Waals surface area contributed by atoms with Gasteiger partial charge in [0.1, 0.15) is 11.5 Å². The van der Waals surface area contributed by atoms with Gasteiger partial charge in [-0.3, -0.25) is 0 Å². The van der Waals surface area contributed by atoms with Crippen LogP contribution in [-0.2, 0) is 28.4 Å². The lowest BCUT2D eigenvalue weighted by molar-refractivity contribution is 0.0599. The minimum absolute atomic E-state index is 0.124. The van der Waals surface area contributed by atoms with Crippen LogP contribution in [-0.4, -0.2) is 37.4 Å². The first kappa shape index (κ1) is 28.0. The van der Waals surface area contributed by atoms with E-state index in [1.165, 1.54) is 18.2 Å². The van der Waals surface area contributed by atoms with Crippen LogP contribution in [0, 0.1) is 0 Å². The van der Waals surface area contributed by atoms with Gasteiger partial charge in [0.25, 0.3) is 0 Å². The highest BCUT2D eigenvalue weighted by Crippen LogP contribution is 2.42. The number of methoxy groups -OCH3 is 1. The Bertz CT molecular complexity index is 1550. The van der Waals surface area contributed by atoms with Crippen molar-refractivity contribution in [1.82, 2.24) is 0 Å². The molecule has 6 nitrogen and oxygen atoms in total. The number of rotatable bonds is 6. The average molecular weight is 551 g/mol. The molecule has 0 fully saturated rings. The van der Waals surface area contributed by atoms with Gasteiger partial charge in [-0.25, -0.2) is 9.59 Å². The molecular weight excluding hydrogens is 516 g/mol. The molecule has 2 unspecified atom stereocenters. The SMILES string of the molecule is CC1(Cc2ccccc2)COc2ccc(C(=O)O)cc21.COC(=O)c1ccc2c(c1)C(C)(Cc1ccccc1)CO2. The van der Waals surface area contributed by atoms with Gasteiger partial charge in [0.05, 0.1) is 31.5 Å². The third-order valence-corrected chi connectivity index (χ3v) is 7.89. The molecule has 2 aliphatic rings. The van der Waals surface area contributed by atoms with Crippen molar-refractivity contribution in [2.75, 3.05) is 20.3 Å². The monoisotopic (exact) mass is 550 g/mol. The number of carboxylic acid groups (broad SMARTS) is 1. The summed E-state index contributed by atoms with van der Waals surface area (Å²) in [6, 6.07) is 31.1. The molecule has 0 bridgehead atoms. The molecule has 0 radical (unpaired) electrons. The molecule has 1 N–H and O–H groups in total. The third-order valence-electron chi connectivity index (χ3n) is 7.89. The topological polar surface area (TPSA) is 82.1 Å². The van der Waals surface area contributed by atoms with Crippen LogP contribution in [0.2, 0.25) is 0 Å². The molecule has 0 aliphatic carbocycles. The van der Waals surface area contributed by atoms with Crippen molar-refractivity contribution in [2.45, 2.75) is 37.5 Å². The summed E-state index contributed by atoms with van der Waals surface area (Å²) in [5, 5.41) is 9.14. The van der Waals surface area contributed by atoms with Gasteiger partial charge < -0.3 is 19.3 Å². The van der Waals surface area contributed by atoms with E-state index in [9.17, 15) is 9.59 Å². The zero-order chi connectivity index (χ0) is 29.0. The van der Waals surface area contributed by atoms with E-state index >= 15 is 0 Å². The molecule has 0 saturated heterocycles. The van der Waals surface area contributed by atoms with E-state index in [0.717, 1.165) is 35.5 Å². The molecule has 0 aromatic heterocycles. The summed E-state index contributed by atoms with van der Waals surface area (Å²) in [5.74, 6) is 0.447. The Hall–Kier alpha value is -4.58. The fraction of sp³-hybridized carbons (Fsp3) is 0.257. The summed E-state index contributed by atoms with van der Waals surface area (Å²) < 4.78 is 16.3. The Morgan fingerprint density at radius 2 is 1.15 bits per heavy atom. The van der Waals surface area contributed by atoms with Crippen LogP contribution in [0.5, 0.6) is 11.5 Å². The van der Waals surface area contributed by atoms with Gasteiger partial charge in [-0.15, -0.1) is 0 Å². The molecule has 6 rings (SSSR count). The maximum absolute atomic E-state index is 11.7. The van der Waals surface area contributed by atoms with Gasteiger partial charge in [0, 0.05) is 22.0 Å². The Labute approximate surface area is 240 Å². The number of aromatic carboxylic acids is 1. The highest BCUT2D eigenvalue weighted by Gasteiger charge is 2.38. The predicted octanol–water partition coefficient (Wildman–Crippen LogP) is 6.64.